The van der Waals surface area contributed by atoms with E-state index in [1.165, 1.54) is 6.07 Å². The standard InChI is InChI=1S/C14H18ClNO2/c1-14(2)6-5-10(8-14)16-13(18)11-4-3-9(15)7-12(11)17/h3-4,7,10,17H,5-6,8H2,1-2H3,(H,16,18). The number of carbonyl (C=O) groups excluding carboxylic acids is 1. The highest BCUT2D eigenvalue weighted by Crippen LogP contribution is 2.37. The second-order valence-electron chi connectivity index (χ2n) is 5.74. The minimum atomic E-state index is -0.230. The lowest BCUT2D eigenvalue weighted by Crippen LogP contribution is -2.33. The number of nitrogens with one attached hydrogen (secondary N) is 1. The van der Waals surface area contributed by atoms with Gasteiger partial charge in [-0.15, -0.1) is 0 Å². The van der Waals surface area contributed by atoms with Crippen molar-refractivity contribution in [2.75, 3.05) is 0 Å². The van der Waals surface area contributed by atoms with Gasteiger partial charge in [0.05, 0.1) is 5.56 Å². The van der Waals surface area contributed by atoms with Crippen LogP contribution in [0.5, 0.6) is 5.75 Å². The quantitative estimate of drug-likeness (QED) is 0.863. The highest BCUT2D eigenvalue weighted by atomic mass is 35.5. The van der Waals surface area contributed by atoms with E-state index < -0.39 is 0 Å². The summed E-state index contributed by atoms with van der Waals surface area (Å²) >= 11 is 5.74. The molecule has 2 N–H and O–H groups in total. The molecule has 1 fully saturated rings. The molecule has 0 bridgehead atoms. The smallest absolute Gasteiger partial charge is 0.255 e. The van der Waals surface area contributed by atoms with Crippen LogP contribution in [-0.2, 0) is 0 Å². The first kappa shape index (κ1) is 13.2. The molecule has 1 atom stereocenters. The topological polar surface area (TPSA) is 49.3 Å². The van der Waals surface area contributed by atoms with Crippen LogP contribution in [0.4, 0.5) is 0 Å². The van der Waals surface area contributed by atoms with E-state index in [1.807, 2.05) is 0 Å². The lowest BCUT2D eigenvalue weighted by Gasteiger charge is -2.18. The van der Waals surface area contributed by atoms with Crippen molar-refractivity contribution in [3.63, 3.8) is 0 Å². The fraction of sp³-hybridized carbons (Fsp3) is 0.500. The summed E-state index contributed by atoms with van der Waals surface area (Å²) in [4.78, 5) is 12.0. The molecule has 2 rings (SSSR count). The van der Waals surface area contributed by atoms with Crippen LogP contribution < -0.4 is 5.32 Å². The Morgan fingerprint density at radius 2 is 2.22 bits per heavy atom. The van der Waals surface area contributed by atoms with Gasteiger partial charge in [0.15, 0.2) is 0 Å². The Morgan fingerprint density at radius 1 is 1.50 bits per heavy atom. The average Bonchev–Trinajstić information content (AvgIpc) is 2.57. The Kier molecular flexibility index (Phi) is 3.53. The van der Waals surface area contributed by atoms with Crippen molar-refractivity contribution in [3.05, 3.63) is 28.8 Å². The molecule has 1 amide bonds. The van der Waals surface area contributed by atoms with Crippen LogP contribution in [0.3, 0.4) is 0 Å². The van der Waals surface area contributed by atoms with Crippen molar-refractivity contribution in [1.29, 1.82) is 0 Å². The Morgan fingerprint density at radius 3 is 2.78 bits per heavy atom. The molecule has 98 valence electrons. The molecule has 0 saturated heterocycles. The maximum atomic E-state index is 12.0. The summed E-state index contributed by atoms with van der Waals surface area (Å²) in [6.45, 7) is 4.41. The molecular formula is C14H18ClNO2. The fourth-order valence-electron chi connectivity index (χ4n) is 2.52. The van der Waals surface area contributed by atoms with Crippen LogP contribution in [0.1, 0.15) is 43.5 Å². The first-order chi connectivity index (χ1) is 8.37. The number of phenols is 1. The Bertz CT molecular complexity index is 471. The third-order valence-corrected chi connectivity index (χ3v) is 3.74. The minimum Gasteiger partial charge on any atom is -0.507 e. The predicted molar refractivity (Wildman–Crippen MR) is 72.0 cm³/mol. The lowest BCUT2D eigenvalue weighted by molar-refractivity contribution is 0.0933. The maximum absolute atomic E-state index is 12.0. The number of rotatable bonds is 2. The van der Waals surface area contributed by atoms with Crippen LogP contribution >= 0.6 is 11.6 Å². The van der Waals surface area contributed by atoms with E-state index in [0.717, 1.165) is 19.3 Å². The van der Waals surface area contributed by atoms with Gasteiger partial charge in [-0.2, -0.15) is 0 Å². The van der Waals surface area contributed by atoms with E-state index in [-0.39, 0.29) is 23.3 Å². The van der Waals surface area contributed by atoms with E-state index in [9.17, 15) is 9.90 Å². The highest BCUT2D eigenvalue weighted by molar-refractivity contribution is 6.30. The summed E-state index contributed by atoms with van der Waals surface area (Å²) in [7, 11) is 0. The third-order valence-electron chi connectivity index (χ3n) is 3.51. The summed E-state index contributed by atoms with van der Waals surface area (Å²) in [5, 5.41) is 13.1. The van der Waals surface area contributed by atoms with Crippen molar-refractivity contribution in [2.45, 2.75) is 39.2 Å². The monoisotopic (exact) mass is 267 g/mol. The molecular weight excluding hydrogens is 250 g/mol. The Hall–Kier alpha value is -1.22. The first-order valence-corrected chi connectivity index (χ1v) is 6.54. The second kappa shape index (κ2) is 4.81. The number of amides is 1. The summed E-state index contributed by atoms with van der Waals surface area (Å²) < 4.78 is 0. The molecule has 18 heavy (non-hydrogen) atoms. The second-order valence-corrected chi connectivity index (χ2v) is 6.18. The zero-order valence-electron chi connectivity index (χ0n) is 10.7. The van der Waals surface area contributed by atoms with Gasteiger partial charge in [-0.1, -0.05) is 25.4 Å². The van der Waals surface area contributed by atoms with Crippen LogP contribution in [0.2, 0.25) is 5.02 Å². The molecule has 4 heteroatoms. The van der Waals surface area contributed by atoms with Gasteiger partial charge in [0.25, 0.3) is 5.91 Å². The fourth-order valence-corrected chi connectivity index (χ4v) is 2.69. The Balaban J connectivity index is 2.04. The van der Waals surface area contributed by atoms with Crippen LogP contribution in [0.15, 0.2) is 18.2 Å². The minimum absolute atomic E-state index is 0.0720. The number of hydrogen-bond donors (Lipinski definition) is 2. The number of phenolic OH excluding ortho intramolecular Hbond substituents is 1. The van der Waals surface area contributed by atoms with Crippen molar-refractivity contribution in [1.82, 2.24) is 5.32 Å². The van der Waals surface area contributed by atoms with Gasteiger partial charge in [0, 0.05) is 11.1 Å². The molecule has 3 nitrogen and oxygen atoms in total. The third kappa shape index (κ3) is 2.96. The molecule has 1 unspecified atom stereocenters. The summed E-state index contributed by atoms with van der Waals surface area (Å²) in [6.07, 6.45) is 3.09. The average molecular weight is 268 g/mol. The van der Waals surface area contributed by atoms with Gasteiger partial charge in [-0.3, -0.25) is 4.79 Å². The van der Waals surface area contributed by atoms with E-state index in [2.05, 4.69) is 19.2 Å². The zero-order valence-corrected chi connectivity index (χ0v) is 11.4. The maximum Gasteiger partial charge on any atom is 0.255 e. The van der Waals surface area contributed by atoms with Crippen molar-refractivity contribution in [3.8, 4) is 5.75 Å². The predicted octanol–water partition coefficient (Wildman–Crippen LogP) is 3.35. The van der Waals surface area contributed by atoms with E-state index >= 15 is 0 Å². The molecule has 1 saturated carbocycles. The van der Waals surface area contributed by atoms with Crippen molar-refractivity contribution in [2.24, 2.45) is 5.41 Å². The molecule has 0 aliphatic heterocycles. The molecule has 1 aromatic rings. The largest absolute Gasteiger partial charge is 0.507 e. The van der Waals surface area contributed by atoms with Gasteiger partial charge in [0.1, 0.15) is 5.75 Å². The number of benzene rings is 1. The van der Waals surface area contributed by atoms with Gasteiger partial charge < -0.3 is 10.4 Å². The van der Waals surface area contributed by atoms with Gasteiger partial charge in [-0.05, 0) is 42.9 Å². The molecule has 0 aromatic heterocycles. The molecule has 0 spiro atoms. The molecule has 0 radical (unpaired) electrons. The SMILES string of the molecule is CC1(C)CCC(NC(=O)c2ccc(Cl)cc2O)C1. The van der Waals surface area contributed by atoms with Gasteiger partial charge in [-0.25, -0.2) is 0 Å². The molecule has 1 aromatic carbocycles. The zero-order chi connectivity index (χ0) is 13.3. The van der Waals surface area contributed by atoms with E-state index in [0.29, 0.717) is 10.4 Å². The van der Waals surface area contributed by atoms with Crippen LogP contribution in [-0.4, -0.2) is 17.1 Å². The summed E-state index contributed by atoms with van der Waals surface area (Å²) in [5.74, 6) is -0.302. The number of hydrogen-bond acceptors (Lipinski definition) is 2. The van der Waals surface area contributed by atoms with Gasteiger partial charge >= 0.3 is 0 Å². The normalized spacial score (nSPS) is 21.8. The summed E-state index contributed by atoms with van der Waals surface area (Å²) in [6, 6.07) is 4.74. The number of halogens is 1. The van der Waals surface area contributed by atoms with Crippen molar-refractivity contribution < 1.29 is 9.90 Å². The number of carbonyl (C=O) groups is 1. The summed E-state index contributed by atoms with van der Waals surface area (Å²) in [5.41, 5.74) is 0.573. The van der Waals surface area contributed by atoms with E-state index in [1.54, 1.807) is 12.1 Å². The van der Waals surface area contributed by atoms with Crippen LogP contribution in [0.25, 0.3) is 0 Å². The Labute approximate surface area is 112 Å². The highest BCUT2D eigenvalue weighted by Gasteiger charge is 2.32. The van der Waals surface area contributed by atoms with Crippen LogP contribution in [0, 0.1) is 5.41 Å². The first-order valence-electron chi connectivity index (χ1n) is 6.17. The van der Waals surface area contributed by atoms with E-state index in [4.69, 9.17) is 11.6 Å². The molecule has 1 aliphatic rings. The van der Waals surface area contributed by atoms with Crippen molar-refractivity contribution >= 4 is 17.5 Å². The van der Waals surface area contributed by atoms with Gasteiger partial charge in [0.2, 0.25) is 0 Å². The lowest BCUT2D eigenvalue weighted by atomic mass is 9.92. The molecule has 0 heterocycles. The number of aromatic hydroxyl groups is 1. The molecule has 1 aliphatic carbocycles.